The molecule has 24 heavy (non-hydrogen) atoms. The van der Waals surface area contributed by atoms with Gasteiger partial charge < -0.3 is 25.4 Å². The lowest BCUT2D eigenvalue weighted by molar-refractivity contribution is -0.133. The van der Waals surface area contributed by atoms with Crippen LogP contribution in [0.2, 0.25) is 0 Å². The molecule has 1 aromatic rings. The number of carbonyl (C=O) groups excluding carboxylic acids is 2. The van der Waals surface area contributed by atoms with E-state index in [1.54, 1.807) is 0 Å². The maximum Gasteiger partial charge on any atom is 0.322 e. The summed E-state index contributed by atoms with van der Waals surface area (Å²) in [4.78, 5) is 25.0. The van der Waals surface area contributed by atoms with Crippen molar-refractivity contribution in [2.45, 2.75) is 37.9 Å². The molecule has 1 aromatic carbocycles. The zero-order chi connectivity index (χ0) is 16.9. The highest BCUT2D eigenvalue weighted by Crippen LogP contribution is 2.25. The number of ether oxygens (including phenoxy) is 2. The molecule has 7 heteroatoms. The lowest BCUT2D eigenvalue weighted by Crippen LogP contribution is -2.51. The van der Waals surface area contributed by atoms with Gasteiger partial charge in [0.2, 0.25) is 5.91 Å². The van der Waals surface area contributed by atoms with Crippen molar-refractivity contribution in [2.75, 3.05) is 25.0 Å². The number of urea groups is 1. The number of hydrogen-bond donors (Lipinski definition) is 2. The number of nitrogens with two attached hydrogens (primary N) is 1. The first kappa shape index (κ1) is 16.6. The highest BCUT2D eigenvalue weighted by molar-refractivity contribution is 5.90. The fourth-order valence-corrected chi connectivity index (χ4v) is 3.02. The van der Waals surface area contributed by atoms with E-state index >= 15 is 0 Å². The molecule has 0 spiro atoms. The fraction of sp³-hybridized carbons (Fsp3) is 0.529. The van der Waals surface area contributed by atoms with Crippen LogP contribution in [0, 0.1) is 0 Å². The van der Waals surface area contributed by atoms with Gasteiger partial charge in [-0.25, -0.2) is 4.79 Å². The highest BCUT2D eigenvalue weighted by atomic mass is 16.5. The largest absolute Gasteiger partial charge is 0.490 e. The second kappa shape index (κ2) is 7.53. The lowest BCUT2D eigenvalue weighted by Gasteiger charge is -2.31. The number of carbonyl (C=O) groups is 2. The predicted molar refractivity (Wildman–Crippen MR) is 88.9 cm³/mol. The summed E-state index contributed by atoms with van der Waals surface area (Å²) in [5.41, 5.74) is 5.91. The Bertz CT molecular complexity index is 584. The molecule has 1 aliphatic heterocycles. The van der Waals surface area contributed by atoms with E-state index in [0.29, 0.717) is 24.9 Å². The summed E-state index contributed by atoms with van der Waals surface area (Å²) in [5.74, 6) is 0.265. The SMILES string of the molecule is NC(=O)[C@@H]1CN(C(=O)Nc2ccc(OC3CCCC3)cc2)CCO1. The minimum atomic E-state index is -0.744. The average molecular weight is 333 g/mol. The predicted octanol–water partition coefficient (Wildman–Crippen LogP) is 1.73. The van der Waals surface area contributed by atoms with Crippen molar-refractivity contribution >= 4 is 17.6 Å². The van der Waals surface area contributed by atoms with Gasteiger partial charge in [-0.3, -0.25) is 4.79 Å². The summed E-state index contributed by atoms with van der Waals surface area (Å²) < 4.78 is 11.1. The maximum atomic E-state index is 12.3. The van der Waals surface area contributed by atoms with Crippen LogP contribution in [-0.4, -0.2) is 48.7 Å². The molecule has 1 saturated heterocycles. The Morgan fingerprint density at radius 2 is 1.92 bits per heavy atom. The van der Waals surface area contributed by atoms with Crippen LogP contribution in [0.4, 0.5) is 10.5 Å². The summed E-state index contributed by atoms with van der Waals surface area (Å²) >= 11 is 0. The number of amides is 3. The van der Waals surface area contributed by atoms with Crippen LogP contribution in [0.1, 0.15) is 25.7 Å². The molecule has 3 N–H and O–H groups in total. The van der Waals surface area contributed by atoms with Crippen LogP contribution >= 0.6 is 0 Å². The monoisotopic (exact) mass is 333 g/mol. The molecule has 0 radical (unpaired) electrons. The third kappa shape index (κ3) is 4.17. The van der Waals surface area contributed by atoms with E-state index in [1.807, 2.05) is 24.3 Å². The number of rotatable bonds is 4. The highest BCUT2D eigenvalue weighted by Gasteiger charge is 2.27. The summed E-state index contributed by atoms with van der Waals surface area (Å²) in [7, 11) is 0. The molecule has 1 aliphatic carbocycles. The number of anilines is 1. The van der Waals surface area contributed by atoms with Crippen LogP contribution in [-0.2, 0) is 9.53 Å². The van der Waals surface area contributed by atoms with Crippen molar-refractivity contribution < 1.29 is 19.1 Å². The summed E-state index contributed by atoms with van der Waals surface area (Å²) in [6, 6.07) is 7.08. The number of benzene rings is 1. The topological polar surface area (TPSA) is 93.9 Å². The van der Waals surface area contributed by atoms with Crippen molar-refractivity contribution in [3.63, 3.8) is 0 Å². The van der Waals surface area contributed by atoms with Crippen LogP contribution < -0.4 is 15.8 Å². The van der Waals surface area contributed by atoms with Gasteiger partial charge in [0.05, 0.1) is 19.3 Å². The molecule has 0 bridgehead atoms. The normalized spacial score (nSPS) is 21.5. The van der Waals surface area contributed by atoms with E-state index in [9.17, 15) is 9.59 Å². The Morgan fingerprint density at radius 1 is 1.21 bits per heavy atom. The van der Waals surface area contributed by atoms with Crippen molar-refractivity contribution in [2.24, 2.45) is 5.73 Å². The zero-order valence-electron chi connectivity index (χ0n) is 13.6. The maximum absolute atomic E-state index is 12.3. The Morgan fingerprint density at radius 3 is 2.58 bits per heavy atom. The van der Waals surface area contributed by atoms with Gasteiger partial charge in [0.15, 0.2) is 6.10 Å². The van der Waals surface area contributed by atoms with E-state index in [0.717, 1.165) is 18.6 Å². The van der Waals surface area contributed by atoms with E-state index < -0.39 is 12.0 Å². The van der Waals surface area contributed by atoms with Gasteiger partial charge in [0.25, 0.3) is 0 Å². The van der Waals surface area contributed by atoms with Gasteiger partial charge in [-0.05, 0) is 49.9 Å². The van der Waals surface area contributed by atoms with E-state index in [2.05, 4.69) is 5.32 Å². The van der Waals surface area contributed by atoms with Crippen LogP contribution in [0.5, 0.6) is 5.75 Å². The third-order valence-electron chi connectivity index (χ3n) is 4.38. The van der Waals surface area contributed by atoms with Gasteiger partial charge >= 0.3 is 6.03 Å². The zero-order valence-corrected chi connectivity index (χ0v) is 13.6. The number of nitrogens with one attached hydrogen (secondary N) is 1. The quantitative estimate of drug-likeness (QED) is 0.877. The molecule has 1 atom stereocenters. The summed E-state index contributed by atoms with van der Waals surface area (Å²) in [5, 5.41) is 2.82. The van der Waals surface area contributed by atoms with Crippen molar-refractivity contribution in [1.29, 1.82) is 0 Å². The Hall–Kier alpha value is -2.28. The van der Waals surface area contributed by atoms with Gasteiger partial charge in [-0.2, -0.15) is 0 Å². The molecule has 2 fully saturated rings. The fourth-order valence-electron chi connectivity index (χ4n) is 3.02. The number of morpholine rings is 1. The number of hydrogen-bond acceptors (Lipinski definition) is 4. The standard InChI is InChI=1S/C17H23N3O4/c18-16(21)15-11-20(9-10-23-15)17(22)19-12-5-7-14(8-6-12)24-13-3-1-2-4-13/h5-8,13,15H,1-4,9-11H2,(H2,18,21)(H,19,22)/t15-/m0/s1. The van der Waals surface area contributed by atoms with Gasteiger partial charge in [0.1, 0.15) is 5.75 Å². The smallest absolute Gasteiger partial charge is 0.322 e. The second-order valence-electron chi connectivity index (χ2n) is 6.19. The number of nitrogens with zero attached hydrogens (tertiary/aromatic N) is 1. The van der Waals surface area contributed by atoms with Gasteiger partial charge in [-0.1, -0.05) is 0 Å². The number of primary amides is 1. The van der Waals surface area contributed by atoms with Crippen molar-refractivity contribution in [3.05, 3.63) is 24.3 Å². The van der Waals surface area contributed by atoms with E-state index in [4.69, 9.17) is 15.2 Å². The lowest BCUT2D eigenvalue weighted by atomic mass is 10.2. The van der Waals surface area contributed by atoms with E-state index in [1.165, 1.54) is 17.7 Å². The van der Waals surface area contributed by atoms with Crippen LogP contribution in [0.15, 0.2) is 24.3 Å². The Labute approximate surface area is 141 Å². The minimum absolute atomic E-state index is 0.171. The van der Waals surface area contributed by atoms with Crippen LogP contribution in [0.25, 0.3) is 0 Å². The van der Waals surface area contributed by atoms with Gasteiger partial charge in [0, 0.05) is 12.2 Å². The van der Waals surface area contributed by atoms with Crippen LogP contribution in [0.3, 0.4) is 0 Å². The van der Waals surface area contributed by atoms with Gasteiger partial charge in [-0.15, -0.1) is 0 Å². The first-order valence-corrected chi connectivity index (χ1v) is 8.35. The van der Waals surface area contributed by atoms with E-state index in [-0.39, 0.29) is 12.6 Å². The third-order valence-corrected chi connectivity index (χ3v) is 4.38. The average Bonchev–Trinajstić information content (AvgIpc) is 3.10. The molecule has 0 unspecified atom stereocenters. The molecule has 130 valence electrons. The summed E-state index contributed by atoms with van der Waals surface area (Å²) in [6.45, 7) is 0.901. The molecule has 2 aliphatic rings. The molecule has 1 saturated carbocycles. The first-order valence-electron chi connectivity index (χ1n) is 8.35. The molecule has 1 heterocycles. The molecule has 3 rings (SSSR count). The molecule has 0 aromatic heterocycles. The Balaban J connectivity index is 1.53. The molecular formula is C17H23N3O4. The minimum Gasteiger partial charge on any atom is -0.490 e. The van der Waals surface area contributed by atoms with Crippen molar-refractivity contribution in [3.8, 4) is 5.75 Å². The Kier molecular flexibility index (Phi) is 5.20. The molecular weight excluding hydrogens is 310 g/mol. The first-order chi connectivity index (χ1) is 11.6. The summed E-state index contributed by atoms with van der Waals surface area (Å²) in [6.07, 6.45) is 4.23. The van der Waals surface area contributed by atoms with Crippen molar-refractivity contribution in [1.82, 2.24) is 4.90 Å². The molecule has 7 nitrogen and oxygen atoms in total. The second-order valence-corrected chi connectivity index (χ2v) is 6.19. The molecule has 3 amide bonds.